The number of esters is 1. The summed E-state index contributed by atoms with van der Waals surface area (Å²) in [5.74, 6) is 0.490. The quantitative estimate of drug-likeness (QED) is 0.368. The Morgan fingerprint density at radius 1 is 1.13 bits per heavy atom. The number of fused-ring (bicyclic) bond motifs is 6. The van der Waals surface area contributed by atoms with Gasteiger partial charge in [-0.15, -0.1) is 0 Å². The lowest BCUT2D eigenvalue weighted by molar-refractivity contribution is -0.213. The number of Topliss-reactive ketones (excluding diaryl/α,β-unsaturated/α-hetero) is 1. The maximum absolute atomic E-state index is 13.0. The number of aliphatic hydroxyl groups excluding tert-OH is 1. The molecule has 0 aromatic heterocycles. The minimum atomic E-state index is -1.17. The second kappa shape index (κ2) is 8.63. The molecule has 4 fully saturated rings. The van der Waals surface area contributed by atoms with Crippen LogP contribution >= 0.6 is 0 Å². The molecule has 214 valence electrons. The lowest BCUT2D eigenvalue weighted by atomic mass is 9.36. The van der Waals surface area contributed by atoms with Gasteiger partial charge >= 0.3 is 5.97 Å². The number of ether oxygens (including phenoxy) is 2. The minimum absolute atomic E-state index is 0.101. The Balaban J connectivity index is 1.58. The maximum Gasteiger partial charge on any atom is 0.302 e. The van der Waals surface area contributed by atoms with Gasteiger partial charge in [0, 0.05) is 18.8 Å². The highest BCUT2D eigenvalue weighted by molar-refractivity contribution is 5.85. The lowest BCUT2D eigenvalue weighted by Gasteiger charge is -2.69. The smallest absolute Gasteiger partial charge is 0.302 e. The van der Waals surface area contributed by atoms with Gasteiger partial charge in [0.05, 0.1) is 17.8 Å². The molecule has 1 saturated heterocycles. The minimum Gasteiger partial charge on any atom is -0.460 e. The average Bonchev–Trinajstić information content (AvgIpc) is 2.98. The van der Waals surface area contributed by atoms with Crippen LogP contribution in [-0.4, -0.2) is 52.0 Å². The predicted molar refractivity (Wildman–Crippen MR) is 145 cm³/mol. The molecule has 0 amide bonds. The fourth-order valence-corrected chi connectivity index (χ4v) is 10.7. The fourth-order valence-electron chi connectivity index (χ4n) is 10.7. The van der Waals surface area contributed by atoms with E-state index in [4.69, 9.17) is 9.47 Å². The van der Waals surface area contributed by atoms with Crippen molar-refractivity contribution in [2.45, 2.75) is 137 Å². The standard InChI is InChI=1S/C32H50O6/c1-17-14-21(37-18(2)33)27(29(5,6)36)38-22-16-32(9)19(25(17)22)15-20(34)26-30(7)12-11-24(35)28(3,4)23(30)10-13-31(26,32)8/h17,20-23,26-27,34,36H,10-16H2,1-9H3/t17-,20+,21+,22+,23+,26+,27+,30+,31+,32+/m1/s1. The molecule has 0 spiro atoms. The zero-order chi connectivity index (χ0) is 28.2. The van der Waals surface area contributed by atoms with Crippen molar-refractivity contribution in [2.75, 3.05) is 0 Å². The Morgan fingerprint density at radius 3 is 2.39 bits per heavy atom. The third-order valence-electron chi connectivity index (χ3n) is 12.4. The van der Waals surface area contributed by atoms with E-state index in [1.807, 2.05) is 0 Å². The van der Waals surface area contributed by atoms with E-state index >= 15 is 0 Å². The van der Waals surface area contributed by atoms with Crippen LogP contribution in [-0.2, 0) is 19.1 Å². The van der Waals surface area contributed by atoms with Gasteiger partial charge < -0.3 is 19.7 Å². The van der Waals surface area contributed by atoms with Crippen LogP contribution in [0.2, 0.25) is 0 Å². The molecule has 3 saturated carbocycles. The first-order valence-electron chi connectivity index (χ1n) is 14.9. The number of hydrogen-bond acceptors (Lipinski definition) is 6. The highest BCUT2D eigenvalue weighted by atomic mass is 16.6. The van der Waals surface area contributed by atoms with E-state index in [2.05, 4.69) is 41.5 Å². The second-order valence-electron chi connectivity index (χ2n) is 15.4. The molecule has 0 radical (unpaired) electrons. The monoisotopic (exact) mass is 530 g/mol. The molecule has 0 bridgehead atoms. The van der Waals surface area contributed by atoms with Gasteiger partial charge in [0.2, 0.25) is 0 Å². The highest BCUT2D eigenvalue weighted by Gasteiger charge is 2.70. The van der Waals surface area contributed by atoms with Crippen molar-refractivity contribution >= 4 is 11.8 Å². The summed E-state index contributed by atoms with van der Waals surface area (Å²) in [5, 5.41) is 23.1. The fraction of sp³-hybridized carbons (Fsp3) is 0.875. The van der Waals surface area contributed by atoms with E-state index in [1.165, 1.54) is 18.1 Å². The number of carbonyl (C=O) groups excluding carboxylic acids is 2. The molecule has 0 aromatic rings. The van der Waals surface area contributed by atoms with Crippen molar-refractivity contribution in [3.63, 3.8) is 0 Å². The maximum atomic E-state index is 13.0. The molecular formula is C32H50O6. The van der Waals surface area contributed by atoms with E-state index in [9.17, 15) is 19.8 Å². The SMILES string of the molecule is CC(=O)O[C@H]1C[C@@H](C)C2=C3C[C@H](O)[C@H]4[C@@]5(C)CCC(=O)C(C)(C)[C@@H]5CC[C@]4(C)[C@@]3(C)C[C@@H]2O[C@@H]1C(C)(C)O. The summed E-state index contributed by atoms with van der Waals surface area (Å²) in [6.45, 7) is 18.5. The summed E-state index contributed by atoms with van der Waals surface area (Å²) >= 11 is 0. The zero-order valence-electron chi connectivity index (χ0n) is 25.0. The molecule has 4 aliphatic carbocycles. The first kappa shape index (κ1) is 28.3. The van der Waals surface area contributed by atoms with Crippen molar-refractivity contribution in [3.8, 4) is 0 Å². The number of hydrogen-bond donors (Lipinski definition) is 2. The molecule has 5 aliphatic rings. The van der Waals surface area contributed by atoms with Gasteiger partial charge in [-0.25, -0.2) is 0 Å². The van der Waals surface area contributed by atoms with E-state index in [0.717, 1.165) is 25.7 Å². The number of carbonyl (C=O) groups is 2. The second-order valence-corrected chi connectivity index (χ2v) is 15.4. The van der Waals surface area contributed by atoms with Crippen LogP contribution < -0.4 is 0 Å². The normalized spacial score (nSPS) is 48.4. The first-order valence-corrected chi connectivity index (χ1v) is 14.9. The summed E-state index contributed by atoms with van der Waals surface area (Å²) in [5.41, 5.74) is 0.655. The predicted octanol–water partition coefficient (Wildman–Crippen LogP) is 5.38. The summed E-state index contributed by atoms with van der Waals surface area (Å²) in [7, 11) is 0. The van der Waals surface area contributed by atoms with Crippen LogP contribution in [0.3, 0.4) is 0 Å². The first-order chi connectivity index (χ1) is 17.4. The Bertz CT molecular complexity index is 1050. The Hall–Kier alpha value is -1.24. The largest absolute Gasteiger partial charge is 0.460 e. The molecule has 6 heteroatoms. The molecule has 0 aromatic carbocycles. The van der Waals surface area contributed by atoms with Crippen LogP contribution in [0.5, 0.6) is 0 Å². The molecule has 1 heterocycles. The van der Waals surface area contributed by atoms with Gasteiger partial charge in [-0.2, -0.15) is 0 Å². The van der Waals surface area contributed by atoms with E-state index in [0.29, 0.717) is 25.0 Å². The molecule has 2 N–H and O–H groups in total. The third kappa shape index (κ3) is 3.75. The van der Waals surface area contributed by atoms with Gasteiger partial charge in [-0.3, -0.25) is 9.59 Å². The van der Waals surface area contributed by atoms with Gasteiger partial charge in [0.15, 0.2) is 0 Å². The summed E-state index contributed by atoms with van der Waals surface area (Å²) in [6, 6.07) is 0. The molecule has 38 heavy (non-hydrogen) atoms. The van der Waals surface area contributed by atoms with Crippen molar-refractivity contribution in [1.82, 2.24) is 0 Å². The number of aliphatic hydroxyl groups is 2. The highest BCUT2D eigenvalue weighted by Crippen LogP contribution is 2.74. The third-order valence-corrected chi connectivity index (χ3v) is 12.4. The average molecular weight is 531 g/mol. The van der Waals surface area contributed by atoms with Crippen molar-refractivity contribution in [2.24, 2.45) is 39.4 Å². The van der Waals surface area contributed by atoms with Gasteiger partial charge in [0.1, 0.15) is 18.0 Å². The Kier molecular flexibility index (Phi) is 6.43. The molecule has 10 atom stereocenters. The van der Waals surface area contributed by atoms with Crippen molar-refractivity contribution < 1.29 is 29.3 Å². The van der Waals surface area contributed by atoms with Crippen LogP contribution in [0.25, 0.3) is 0 Å². The van der Waals surface area contributed by atoms with Gasteiger partial charge in [0.25, 0.3) is 0 Å². The summed E-state index contributed by atoms with van der Waals surface area (Å²) < 4.78 is 12.5. The molecule has 1 aliphatic heterocycles. The van der Waals surface area contributed by atoms with Gasteiger partial charge in [-0.1, -0.05) is 47.1 Å². The molecule has 6 nitrogen and oxygen atoms in total. The summed E-state index contributed by atoms with van der Waals surface area (Å²) in [4.78, 5) is 24.9. The Morgan fingerprint density at radius 2 is 1.79 bits per heavy atom. The molecule has 5 rings (SSSR count). The Labute approximate surface area is 228 Å². The van der Waals surface area contributed by atoms with Crippen LogP contribution in [0.15, 0.2) is 11.1 Å². The van der Waals surface area contributed by atoms with Crippen molar-refractivity contribution in [1.29, 1.82) is 0 Å². The molecular weight excluding hydrogens is 480 g/mol. The van der Waals surface area contributed by atoms with E-state index < -0.39 is 23.9 Å². The lowest BCUT2D eigenvalue weighted by Crippen LogP contribution is -2.65. The van der Waals surface area contributed by atoms with E-state index in [1.54, 1.807) is 13.8 Å². The topological polar surface area (TPSA) is 93.1 Å². The molecule has 0 unspecified atom stereocenters. The van der Waals surface area contributed by atoms with Crippen LogP contribution in [0, 0.1) is 39.4 Å². The van der Waals surface area contributed by atoms with Crippen molar-refractivity contribution in [3.05, 3.63) is 11.1 Å². The zero-order valence-corrected chi connectivity index (χ0v) is 25.0. The van der Waals surface area contributed by atoms with Crippen LogP contribution in [0.1, 0.15) is 107 Å². The summed E-state index contributed by atoms with van der Waals surface area (Å²) in [6.07, 6.45) is 3.62. The number of rotatable bonds is 2. The van der Waals surface area contributed by atoms with Gasteiger partial charge in [-0.05, 0) is 91.9 Å². The number of ketones is 1. The van der Waals surface area contributed by atoms with E-state index in [-0.39, 0.29) is 51.5 Å². The van der Waals surface area contributed by atoms with Crippen LogP contribution in [0.4, 0.5) is 0 Å².